The summed E-state index contributed by atoms with van der Waals surface area (Å²) in [4.78, 5) is 8.65. The van der Waals surface area contributed by atoms with Crippen LogP contribution in [-0.2, 0) is 6.54 Å². The molecule has 0 saturated carbocycles. The molecule has 0 amide bonds. The predicted octanol–water partition coefficient (Wildman–Crippen LogP) is 1.19. The molecule has 0 saturated heterocycles. The molecule has 0 spiro atoms. The molecule has 0 aromatic carbocycles. The standard InChI is InChI=1S/C11H16N6/c1-9-8-13-10(2)11(15-9)12-4-3-6-17-7-5-14-16-17/h5,7-8H,3-4,6H2,1-2H3,(H,12,15). The molecule has 2 aromatic heterocycles. The van der Waals surface area contributed by atoms with Crippen LogP contribution >= 0.6 is 0 Å². The zero-order valence-corrected chi connectivity index (χ0v) is 10.1. The third-order valence-corrected chi connectivity index (χ3v) is 2.40. The SMILES string of the molecule is Cc1cnc(C)c(NCCCn2ccnn2)n1. The molecule has 2 aromatic rings. The van der Waals surface area contributed by atoms with Crippen LogP contribution in [-0.4, -0.2) is 31.5 Å². The van der Waals surface area contributed by atoms with E-state index in [9.17, 15) is 0 Å². The van der Waals surface area contributed by atoms with E-state index in [1.807, 2.05) is 24.7 Å². The zero-order chi connectivity index (χ0) is 12.1. The topological polar surface area (TPSA) is 68.5 Å². The van der Waals surface area contributed by atoms with Gasteiger partial charge >= 0.3 is 0 Å². The molecule has 0 radical (unpaired) electrons. The van der Waals surface area contributed by atoms with Crippen molar-refractivity contribution in [1.29, 1.82) is 0 Å². The van der Waals surface area contributed by atoms with Gasteiger partial charge in [-0.15, -0.1) is 5.10 Å². The summed E-state index contributed by atoms with van der Waals surface area (Å²) in [5, 5.41) is 10.9. The molecule has 2 heterocycles. The highest BCUT2D eigenvalue weighted by molar-refractivity contribution is 5.39. The molecule has 0 aliphatic heterocycles. The second-order valence-electron chi connectivity index (χ2n) is 3.89. The van der Waals surface area contributed by atoms with Crippen LogP contribution in [0.15, 0.2) is 18.6 Å². The van der Waals surface area contributed by atoms with E-state index >= 15 is 0 Å². The number of nitrogens with one attached hydrogen (secondary N) is 1. The van der Waals surface area contributed by atoms with Gasteiger partial charge < -0.3 is 5.32 Å². The Bertz CT molecular complexity index is 465. The number of nitrogens with zero attached hydrogens (tertiary/aromatic N) is 5. The Kier molecular flexibility index (Phi) is 3.64. The Balaban J connectivity index is 1.80. The van der Waals surface area contributed by atoms with E-state index in [4.69, 9.17) is 0 Å². The number of anilines is 1. The van der Waals surface area contributed by atoms with Gasteiger partial charge in [0.1, 0.15) is 5.82 Å². The smallest absolute Gasteiger partial charge is 0.147 e. The monoisotopic (exact) mass is 232 g/mol. The third-order valence-electron chi connectivity index (χ3n) is 2.40. The highest BCUT2D eigenvalue weighted by Gasteiger charge is 2.00. The summed E-state index contributed by atoms with van der Waals surface area (Å²) in [6, 6.07) is 0. The first-order valence-electron chi connectivity index (χ1n) is 5.64. The lowest BCUT2D eigenvalue weighted by atomic mass is 10.3. The van der Waals surface area contributed by atoms with Crippen LogP contribution in [0.3, 0.4) is 0 Å². The van der Waals surface area contributed by atoms with Gasteiger partial charge in [-0.25, -0.2) is 4.98 Å². The average molecular weight is 232 g/mol. The van der Waals surface area contributed by atoms with Crippen molar-refractivity contribution < 1.29 is 0 Å². The van der Waals surface area contributed by atoms with E-state index < -0.39 is 0 Å². The lowest BCUT2D eigenvalue weighted by Gasteiger charge is -2.08. The number of hydrogen-bond acceptors (Lipinski definition) is 5. The maximum absolute atomic E-state index is 4.40. The highest BCUT2D eigenvalue weighted by atomic mass is 15.4. The highest BCUT2D eigenvalue weighted by Crippen LogP contribution is 2.08. The maximum Gasteiger partial charge on any atom is 0.147 e. The predicted molar refractivity (Wildman–Crippen MR) is 64.6 cm³/mol. The molecule has 0 aliphatic rings. The van der Waals surface area contributed by atoms with Crippen LogP contribution in [0.4, 0.5) is 5.82 Å². The van der Waals surface area contributed by atoms with E-state index in [0.717, 1.165) is 36.7 Å². The Morgan fingerprint density at radius 2 is 2.24 bits per heavy atom. The third kappa shape index (κ3) is 3.24. The average Bonchev–Trinajstić information content (AvgIpc) is 2.82. The zero-order valence-electron chi connectivity index (χ0n) is 10.1. The van der Waals surface area contributed by atoms with E-state index in [0.29, 0.717) is 0 Å². The molecule has 90 valence electrons. The molecule has 6 heteroatoms. The number of aromatic nitrogens is 5. The van der Waals surface area contributed by atoms with Crippen molar-refractivity contribution in [3.8, 4) is 0 Å². The number of aryl methyl sites for hydroxylation is 3. The van der Waals surface area contributed by atoms with Gasteiger partial charge in [-0.1, -0.05) is 5.21 Å². The van der Waals surface area contributed by atoms with Crippen molar-refractivity contribution in [2.45, 2.75) is 26.8 Å². The summed E-state index contributed by atoms with van der Waals surface area (Å²) in [7, 11) is 0. The van der Waals surface area contributed by atoms with Gasteiger partial charge in [0, 0.05) is 25.5 Å². The molecule has 6 nitrogen and oxygen atoms in total. The van der Waals surface area contributed by atoms with Crippen molar-refractivity contribution in [1.82, 2.24) is 25.0 Å². The van der Waals surface area contributed by atoms with Gasteiger partial charge in [0.05, 0.1) is 17.6 Å². The molecule has 0 bridgehead atoms. The molecular weight excluding hydrogens is 216 g/mol. The van der Waals surface area contributed by atoms with Gasteiger partial charge in [0.2, 0.25) is 0 Å². The number of rotatable bonds is 5. The van der Waals surface area contributed by atoms with Gasteiger partial charge in [-0.05, 0) is 20.3 Å². The van der Waals surface area contributed by atoms with E-state index in [1.165, 1.54) is 0 Å². The fourth-order valence-electron chi connectivity index (χ4n) is 1.50. The summed E-state index contributed by atoms with van der Waals surface area (Å²) in [6.45, 7) is 5.59. The fourth-order valence-corrected chi connectivity index (χ4v) is 1.50. The van der Waals surface area contributed by atoms with Crippen LogP contribution in [0.5, 0.6) is 0 Å². The van der Waals surface area contributed by atoms with Crippen LogP contribution in [0.1, 0.15) is 17.8 Å². The molecular formula is C11H16N6. The lowest BCUT2D eigenvalue weighted by Crippen LogP contribution is -2.10. The Hall–Kier alpha value is -1.98. The Morgan fingerprint density at radius 3 is 3.00 bits per heavy atom. The van der Waals surface area contributed by atoms with Crippen molar-refractivity contribution >= 4 is 5.82 Å². The second-order valence-corrected chi connectivity index (χ2v) is 3.89. The molecule has 17 heavy (non-hydrogen) atoms. The van der Waals surface area contributed by atoms with Crippen molar-refractivity contribution in [3.63, 3.8) is 0 Å². The van der Waals surface area contributed by atoms with Crippen molar-refractivity contribution in [3.05, 3.63) is 30.0 Å². The van der Waals surface area contributed by atoms with Gasteiger partial charge in [0.15, 0.2) is 0 Å². The first kappa shape index (κ1) is 11.5. The summed E-state index contributed by atoms with van der Waals surface area (Å²) in [5.41, 5.74) is 1.85. The van der Waals surface area contributed by atoms with Gasteiger partial charge in [-0.2, -0.15) is 0 Å². The molecule has 1 N–H and O–H groups in total. The molecule has 2 rings (SSSR count). The van der Waals surface area contributed by atoms with Crippen LogP contribution in [0.2, 0.25) is 0 Å². The minimum Gasteiger partial charge on any atom is -0.368 e. The van der Waals surface area contributed by atoms with E-state index in [-0.39, 0.29) is 0 Å². The van der Waals surface area contributed by atoms with Crippen LogP contribution in [0, 0.1) is 13.8 Å². The summed E-state index contributed by atoms with van der Waals surface area (Å²) in [5.74, 6) is 0.864. The molecule has 0 unspecified atom stereocenters. The Morgan fingerprint density at radius 1 is 1.35 bits per heavy atom. The summed E-state index contributed by atoms with van der Waals surface area (Å²) < 4.78 is 1.82. The van der Waals surface area contributed by atoms with E-state index in [1.54, 1.807) is 12.4 Å². The fraction of sp³-hybridized carbons (Fsp3) is 0.455. The van der Waals surface area contributed by atoms with Gasteiger partial charge in [0.25, 0.3) is 0 Å². The first-order valence-corrected chi connectivity index (χ1v) is 5.64. The van der Waals surface area contributed by atoms with E-state index in [2.05, 4.69) is 25.6 Å². The van der Waals surface area contributed by atoms with Crippen LogP contribution in [0.25, 0.3) is 0 Å². The first-order chi connectivity index (χ1) is 8.25. The van der Waals surface area contributed by atoms with Crippen molar-refractivity contribution in [2.75, 3.05) is 11.9 Å². The normalized spacial score (nSPS) is 10.5. The summed E-state index contributed by atoms with van der Waals surface area (Å²) >= 11 is 0. The summed E-state index contributed by atoms with van der Waals surface area (Å²) in [6.07, 6.45) is 6.29. The second kappa shape index (κ2) is 5.38. The van der Waals surface area contributed by atoms with Crippen LogP contribution < -0.4 is 5.32 Å². The largest absolute Gasteiger partial charge is 0.368 e. The minimum absolute atomic E-state index is 0.846. The van der Waals surface area contributed by atoms with Gasteiger partial charge in [-0.3, -0.25) is 9.67 Å². The Labute approximate surface area is 100 Å². The molecule has 0 fully saturated rings. The molecule has 0 aliphatic carbocycles. The lowest BCUT2D eigenvalue weighted by molar-refractivity contribution is 0.569. The molecule has 0 atom stereocenters. The maximum atomic E-state index is 4.40. The van der Waals surface area contributed by atoms with Crippen molar-refractivity contribution in [2.24, 2.45) is 0 Å². The number of hydrogen-bond donors (Lipinski definition) is 1. The minimum atomic E-state index is 0.846. The quantitative estimate of drug-likeness (QED) is 0.784.